The van der Waals surface area contributed by atoms with Crippen LogP contribution < -0.4 is 4.74 Å². The van der Waals surface area contributed by atoms with E-state index in [1.807, 2.05) is 71.6 Å². The van der Waals surface area contributed by atoms with Gasteiger partial charge in [-0.25, -0.2) is 0 Å². The molecule has 5 nitrogen and oxygen atoms in total. The van der Waals surface area contributed by atoms with Crippen molar-refractivity contribution >= 4 is 16.7 Å². The second-order valence-electron chi connectivity index (χ2n) is 9.48. The minimum Gasteiger partial charge on any atom is -0.489 e. The van der Waals surface area contributed by atoms with E-state index < -0.39 is 0 Å². The first-order valence-electron chi connectivity index (χ1n) is 13.1. The molecular weight excluding hydrogens is 460 g/mol. The molecule has 1 fully saturated rings. The lowest BCUT2D eigenvalue weighted by Gasteiger charge is -2.29. The number of ether oxygens (including phenoxy) is 2. The van der Waals surface area contributed by atoms with Crippen LogP contribution >= 0.6 is 0 Å². The minimum absolute atomic E-state index is 0.0642. The van der Waals surface area contributed by atoms with E-state index in [1.165, 1.54) is 0 Å². The number of rotatable bonds is 10. The number of carbonyl (C=O) groups is 1. The van der Waals surface area contributed by atoms with Gasteiger partial charge in [0.15, 0.2) is 0 Å². The number of hydrogen-bond acceptors (Lipinski definition) is 4. The lowest BCUT2D eigenvalue weighted by atomic mass is 10.0. The fraction of sp³-hybridized carbons (Fsp3) is 0.281. The lowest BCUT2D eigenvalue weighted by Crippen LogP contribution is -2.39. The Bertz CT molecular complexity index is 1300. The molecule has 0 bridgehead atoms. The van der Waals surface area contributed by atoms with Crippen LogP contribution in [0.5, 0.6) is 5.75 Å². The molecule has 1 heterocycles. The highest BCUT2D eigenvalue weighted by molar-refractivity contribution is 6.07. The number of nitrogens with zero attached hydrogens (tertiary/aromatic N) is 2. The molecule has 0 N–H and O–H groups in total. The summed E-state index contributed by atoms with van der Waals surface area (Å²) in [5.74, 6) is 0.876. The number of fused-ring (bicyclic) bond motifs is 1. The Morgan fingerprint density at radius 3 is 2.43 bits per heavy atom. The molecule has 0 aliphatic carbocycles. The van der Waals surface area contributed by atoms with Crippen molar-refractivity contribution in [3.8, 4) is 5.75 Å². The van der Waals surface area contributed by atoms with Gasteiger partial charge in [-0.15, -0.1) is 0 Å². The lowest BCUT2D eigenvalue weighted by molar-refractivity contribution is 0.0355. The van der Waals surface area contributed by atoms with E-state index in [0.29, 0.717) is 19.7 Å². The van der Waals surface area contributed by atoms with Gasteiger partial charge in [0.25, 0.3) is 5.91 Å². The average molecular weight is 495 g/mol. The summed E-state index contributed by atoms with van der Waals surface area (Å²) in [4.78, 5) is 18.3. The van der Waals surface area contributed by atoms with E-state index >= 15 is 0 Å². The van der Waals surface area contributed by atoms with Gasteiger partial charge in [-0.2, -0.15) is 0 Å². The smallest absolute Gasteiger partial charge is 0.254 e. The summed E-state index contributed by atoms with van der Waals surface area (Å²) in [6.07, 6.45) is 0.917. The molecule has 0 aromatic heterocycles. The zero-order valence-corrected chi connectivity index (χ0v) is 21.2. The normalized spacial score (nSPS) is 13.9. The second-order valence-corrected chi connectivity index (χ2v) is 9.48. The Kier molecular flexibility index (Phi) is 8.46. The summed E-state index contributed by atoms with van der Waals surface area (Å²) in [7, 11) is 0. The van der Waals surface area contributed by atoms with Gasteiger partial charge in [0.05, 0.1) is 13.2 Å². The summed E-state index contributed by atoms with van der Waals surface area (Å²) < 4.78 is 11.5. The topological polar surface area (TPSA) is 42.0 Å². The van der Waals surface area contributed by atoms with E-state index in [1.54, 1.807) is 0 Å². The second kappa shape index (κ2) is 12.5. The third kappa shape index (κ3) is 6.76. The molecule has 0 radical (unpaired) electrons. The molecule has 5 heteroatoms. The number of morpholine rings is 1. The zero-order chi connectivity index (χ0) is 25.3. The molecule has 190 valence electrons. The summed E-state index contributed by atoms with van der Waals surface area (Å²) in [5, 5.41) is 2.08. The Labute approximate surface area is 219 Å². The molecule has 0 spiro atoms. The molecule has 1 aliphatic rings. The van der Waals surface area contributed by atoms with E-state index in [2.05, 4.69) is 35.2 Å². The monoisotopic (exact) mass is 494 g/mol. The Morgan fingerprint density at radius 2 is 1.57 bits per heavy atom. The molecule has 5 rings (SSSR count). The summed E-state index contributed by atoms with van der Waals surface area (Å²) in [6.45, 7) is 6.19. The predicted molar refractivity (Wildman–Crippen MR) is 148 cm³/mol. The molecule has 37 heavy (non-hydrogen) atoms. The van der Waals surface area contributed by atoms with Crippen molar-refractivity contribution in [1.29, 1.82) is 0 Å². The number of amides is 1. The van der Waals surface area contributed by atoms with Gasteiger partial charge in [-0.05, 0) is 46.5 Å². The molecule has 4 aromatic carbocycles. The highest BCUT2D eigenvalue weighted by atomic mass is 16.5. The van der Waals surface area contributed by atoms with Crippen LogP contribution in [0.1, 0.15) is 27.9 Å². The van der Waals surface area contributed by atoms with Crippen molar-refractivity contribution in [2.45, 2.75) is 19.6 Å². The van der Waals surface area contributed by atoms with Crippen molar-refractivity contribution < 1.29 is 14.3 Å². The SMILES string of the molecule is O=C(c1cccc2ccccc12)N(CCCN1CCOCC1)Cc1cccc(OCc2ccccc2)c1. The first kappa shape index (κ1) is 25.0. The highest BCUT2D eigenvalue weighted by Gasteiger charge is 2.19. The van der Waals surface area contributed by atoms with Crippen LogP contribution in [0.3, 0.4) is 0 Å². The van der Waals surface area contributed by atoms with Crippen LogP contribution in [-0.4, -0.2) is 55.1 Å². The Balaban J connectivity index is 1.32. The van der Waals surface area contributed by atoms with Crippen LogP contribution in [-0.2, 0) is 17.9 Å². The minimum atomic E-state index is 0.0642. The third-order valence-corrected chi connectivity index (χ3v) is 6.83. The van der Waals surface area contributed by atoms with Crippen molar-refractivity contribution in [2.24, 2.45) is 0 Å². The molecule has 1 aliphatic heterocycles. The number of benzene rings is 4. The van der Waals surface area contributed by atoms with Crippen molar-refractivity contribution in [3.63, 3.8) is 0 Å². The zero-order valence-electron chi connectivity index (χ0n) is 21.2. The van der Waals surface area contributed by atoms with Crippen LogP contribution in [0.2, 0.25) is 0 Å². The quantitative estimate of drug-likeness (QED) is 0.280. The fourth-order valence-corrected chi connectivity index (χ4v) is 4.84. The van der Waals surface area contributed by atoms with E-state index in [-0.39, 0.29) is 5.91 Å². The number of hydrogen-bond donors (Lipinski definition) is 0. The summed E-state index contributed by atoms with van der Waals surface area (Å²) in [6, 6.07) is 32.3. The first-order valence-corrected chi connectivity index (χ1v) is 13.1. The highest BCUT2D eigenvalue weighted by Crippen LogP contribution is 2.22. The maximum absolute atomic E-state index is 13.9. The van der Waals surface area contributed by atoms with Crippen molar-refractivity contribution in [2.75, 3.05) is 39.4 Å². The fourth-order valence-electron chi connectivity index (χ4n) is 4.84. The standard InChI is InChI=1S/C32H34N2O3/c35-32(31-16-7-13-28-12-4-5-15-30(28)31)34(18-8-17-33-19-21-36-22-20-33)24-27-11-6-14-29(23-27)37-25-26-9-2-1-3-10-26/h1-7,9-16,23H,8,17-22,24-25H2. The summed E-state index contributed by atoms with van der Waals surface area (Å²) in [5.41, 5.74) is 2.94. The van der Waals surface area contributed by atoms with Crippen LogP contribution in [0.4, 0.5) is 0 Å². The van der Waals surface area contributed by atoms with Crippen LogP contribution in [0.15, 0.2) is 97.1 Å². The van der Waals surface area contributed by atoms with Gasteiger partial charge in [-0.3, -0.25) is 9.69 Å². The molecule has 1 amide bonds. The maximum Gasteiger partial charge on any atom is 0.254 e. The first-order chi connectivity index (χ1) is 18.3. The van der Waals surface area contributed by atoms with Gasteiger partial charge >= 0.3 is 0 Å². The Hall–Kier alpha value is -3.67. The van der Waals surface area contributed by atoms with Gasteiger partial charge in [0.2, 0.25) is 0 Å². The van der Waals surface area contributed by atoms with Crippen molar-refractivity contribution in [1.82, 2.24) is 9.80 Å². The molecule has 0 atom stereocenters. The van der Waals surface area contributed by atoms with Gasteiger partial charge in [0, 0.05) is 38.3 Å². The van der Waals surface area contributed by atoms with Crippen molar-refractivity contribution in [3.05, 3.63) is 114 Å². The predicted octanol–water partition coefficient (Wildman–Crippen LogP) is 5.78. The van der Waals surface area contributed by atoms with Crippen LogP contribution in [0.25, 0.3) is 10.8 Å². The molecule has 4 aromatic rings. The number of carbonyl (C=O) groups excluding carboxylic acids is 1. The summed E-state index contributed by atoms with van der Waals surface area (Å²) >= 11 is 0. The maximum atomic E-state index is 13.9. The van der Waals surface area contributed by atoms with E-state index in [4.69, 9.17) is 9.47 Å². The van der Waals surface area contributed by atoms with E-state index in [0.717, 1.165) is 72.5 Å². The molecule has 0 saturated carbocycles. The molecular formula is C32H34N2O3. The molecule has 0 unspecified atom stereocenters. The van der Waals surface area contributed by atoms with Gasteiger partial charge in [0.1, 0.15) is 12.4 Å². The third-order valence-electron chi connectivity index (χ3n) is 6.83. The average Bonchev–Trinajstić information content (AvgIpc) is 2.96. The van der Waals surface area contributed by atoms with Gasteiger partial charge in [-0.1, -0.05) is 78.9 Å². The van der Waals surface area contributed by atoms with Crippen LogP contribution in [0, 0.1) is 0 Å². The largest absolute Gasteiger partial charge is 0.489 e. The van der Waals surface area contributed by atoms with E-state index in [9.17, 15) is 4.79 Å². The molecule has 1 saturated heterocycles. The Morgan fingerprint density at radius 1 is 0.838 bits per heavy atom. The van der Waals surface area contributed by atoms with Gasteiger partial charge < -0.3 is 14.4 Å².